The minimum atomic E-state index is -3.90. The SMILES string of the molecule is CCC(C(=O)NC)N(Cc1cccc(OC)c1)C(=O)CN(c1ccc(OC)cc1OC)S(C)(=O)=O. The van der Waals surface area contributed by atoms with E-state index in [9.17, 15) is 18.0 Å². The number of carbonyl (C=O) groups excluding carboxylic acids is 2. The van der Waals surface area contributed by atoms with Gasteiger partial charge in [0.25, 0.3) is 0 Å². The molecule has 0 aliphatic rings. The van der Waals surface area contributed by atoms with Crippen molar-refractivity contribution in [2.45, 2.75) is 25.9 Å². The number of amides is 2. The lowest BCUT2D eigenvalue weighted by Crippen LogP contribution is -2.51. The van der Waals surface area contributed by atoms with Crippen LogP contribution in [0.15, 0.2) is 42.5 Å². The van der Waals surface area contributed by atoms with E-state index in [4.69, 9.17) is 14.2 Å². The average molecular weight is 508 g/mol. The topological polar surface area (TPSA) is 114 Å². The molecule has 2 rings (SSSR count). The molecule has 2 amide bonds. The van der Waals surface area contributed by atoms with Crippen LogP contribution in [0, 0.1) is 0 Å². The Labute approximate surface area is 206 Å². The minimum Gasteiger partial charge on any atom is -0.497 e. The van der Waals surface area contributed by atoms with Gasteiger partial charge in [0.1, 0.15) is 29.8 Å². The van der Waals surface area contributed by atoms with E-state index in [1.54, 1.807) is 37.3 Å². The third-order valence-corrected chi connectivity index (χ3v) is 6.58. The van der Waals surface area contributed by atoms with Crippen LogP contribution in [0.4, 0.5) is 5.69 Å². The molecule has 0 spiro atoms. The van der Waals surface area contributed by atoms with E-state index in [1.165, 1.54) is 45.4 Å². The van der Waals surface area contributed by atoms with E-state index in [1.807, 2.05) is 0 Å². The highest BCUT2D eigenvalue weighted by Crippen LogP contribution is 2.33. The summed E-state index contributed by atoms with van der Waals surface area (Å²) < 4.78 is 42.3. The van der Waals surface area contributed by atoms with Gasteiger partial charge in [-0.25, -0.2) is 8.42 Å². The molecule has 1 atom stereocenters. The van der Waals surface area contributed by atoms with Gasteiger partial charge in [0.05, 0.1) is 33.3 Å². The number of nitrogens with one attached hydrogen (secondary N) is 1. The molecular formula is C24H33N3O7S. The van der Waals surface area contributed by atoms with Gasteiger partial charge in [-0.15, -0.1) is 0 Å². The molecular weight excluding hydrogens is 474 g/mol. The van der Waals surface area contributed by atoms with Gasteiger partial charge in [-0.2, -0.15) is 0 Å². The number of likely N-dealkylation sites (N-methyl/N-ethyl adjacent to an activating group) is 1. The van der Waals surface area contributed by atoms with Crippen molar-refractivity contribution in [1.82, 2.24) is 10.2 Å². The fraction of sp³-hybridized carbons (Fsp3) is 0.417. The Hall–Kier alpha value is -3.47. The number of carbonyl (C=O) groups is 2. The predicted octanol–water partition coefficient (Wildman–Crippen LogP) is 2.03. The third kappa shape index (κ3) is 7.01. The Morgan fingerprint density at radius 1 is 1.00 bits per heavy atom. The van der Waals surface area contributed by atoms with E-state index in [2.05, 4.69) is 5.32 Å². The Morgan fingerprint density at radius 3 is 2.20 bits per heavy atom. The fourth-order valence-corrected chi connectivity index (χ4v) is 4.49. The molecule has 0 radical (unpaired) electrons. The summed E-state index contributed by atoms with van der Waals surface area (Å²) in [7, 11) is 2.01. The first-order chi connectivity index (χ1) is 16.6. The highest BCUT2D eigenvalue weighted by atomic mass is 32.2. The molecule has 0 fully saturated rings. The van der Waals surface area contributed by atoms with Crippen LogP contribution in [0.3, 0.4) is 0 Å². The first kappa shape index (κ1) is 27.8. The van der Waals surface area contributed by atoms with E-state index in [0.717, 1.165) is 16.1 Å². The number of sulfonamides is 1. The van der Waals surface area contributed by atoms with Crippen LogP contribution in [-0.2, 0) is 26.2 Å². The zero-order valence-corrected chi connectivity index (χ0v) is 21.7. The van der Waals surface area contributed by atoms with Crippen LogP contribution in [0.25, 0.3) is 0 Å². The lowest BCUT2D eigenvalue weighted by atomic mass is 10.1. The number of rotatable bonds is 12. The molecule has 10 nitrogen and oxygen atoms in total. The molecule has 1 unspecified atom stereocenters. The van der Waals surface area contributed by atoms with Crippen molar-refractivity contribution >= 4 is 27.5 Å². The summed E-state index contributed by atoms with van der Waals surface area (Å²) in [5, 5.41) is 2.58. The zero-order chi connectivity index (χ0) is 26.2. The summed E-state index contributed by atoms with van der Waals surface area (Å²) in [6.45, 7) is 1.34. The molecule has 35 heavy (non-hydrogen) atoms. The van der Waals surface area contributed by atoms with Gasteiger partial charge in [0, 0.05) is 19.7 Å². The monoisotopic (exact) mass is 507 g/mol. The number of benzene rings is 2. The maximum absolute atomic E-state index is 13.6. The van der Waals surface area contributed by atoms with Gasteiger partial charge in [-0.1, -0.05) is 19.1 Å². The van der Waals surface area contributed by atoms with Gasteiger partial charge in [-0.05, 0) is 36.2 Å². The van der Waals surface area contributed by atoms with Crippen molar-refractivity contribution < 1.29 is 32.2 Å². The number of ether oxygens (including phenoxy) is 3. The number of anilines is 1. The maximum atomic E-state index is 13.6. The van der Waals surface area contributed by atoms with Gasteiger partial charge in [-0.3, -0.25) is 13.9 Å². The van der Waals surface area contributed by atoms with Crippen LogP contribution >= 0.6 is 0 Å². The Balaban J connectivity index is 2.50. The Kier molecular flexibility index (Phi) is 9.76. The quantitative estimate of drug-likeness (QED) is 0.468. The second kappa shape index (κ2) is 12.3. The van der Waals surface area contributed by atoms with Crippen LogP contribution in [0.1, 0.15) is 18.9 Å². The van der Waals surface area contributed by atoms with Crippen LogP contribution < -0.4 is 23.8 Å². The second-order valence-electron chi connectivity index (χ2n) is 7.72. The molecule has 11 heteroatoms. The lowest BCUT2D eigenvalue weighted by Gasteiger charge is -2.33. The summed E-state index contributed by atoms with van der Waals surface area (Å²) in [4.78, 5) is 27.6. The van der Waals surface area contributed by atoms with Crippen LogP contribution in [-0.4, -0.2) is 72.4 Å². The van der Waals surface area contributed by atoms with Crippen LogP contribution in [0.5, 0.6) is 17.2 Å². The Morgan fingerprint density at radius 2 is 1.66 bits per heavy atom. The van der Waals surface area contributed by atoms with Gasteiger partial charge in [0.15, 0.2) is 0 Å². The van der Waals surface area contributed by atoms with E-state index < -0.39 is 28.5 Å². The molecule has 0 bridgehead atoms. The molecule has 0 saturated carbocycles. The summed E-state index contributed by atoms with van der Waals surface area (Å²) in [5.74, 6) is 0.392. The maximum Gasteiger partial charge on any atom is 0.244 e. The largest absolute Gasteiger partial charge is 0.497 e. The molecule has 1 N–H and O–H groups in total. The molecule has 192 valence electrons. The fourth-order valence-electron chi connectivity index (χ4n) is 3.64. The van der Waals surface area contributed by atoms with Gasteiger partial charge >= 0.3 is 0 Å². The van der Waals surface area contributed by atoms with Crippen molar-refractivity contribution in [2.24, 2.45) is 0 Å². The summed E-state index contributed by atoms with van der Waals surface area (Å²) in [6.07, 6.45) is 1.34. The highest BCUT2D eigenvalue weighted by Gasteiger charge is 2.32. The first-order valence-corrected chi connectivity index (χ1v) is 12.8. The van der Waals surface area contributed by atoms with Crippen molar-refractivity contribution in [3.63, 3.8) is 0 Å². The van der Waals surface area contributed by atoms with Gasteiger partial charge < -0.3 is 24.4 Å². The summed E-state index contributed by atoms with van der Waals surface area (Å²) in [6, 6.07) is 10.9. The summed E-state index contributed by atoms with van der Waals surface area (Å²) >= 11 is 0. The van der Waals surface area contributed by atoms with Crippen molar-refractivity contribution in [2.75, 3.05) is 45.5 Å². The smallest absolute Gasteiger partial charge is 0.244 e. The molecule has 0 saturated heterocycles. The molecule has 0 aliphatic carbocycles. The number of hydrogen-bond acceptors (Lipinski definition) is 7. The third-order valence-electron chi connectivity index (χ3n) is 5.45. The predicted molar refractivity (Wildman–Crippen MR) is 133 cm³/mol. The normalized spacial score (nSPS) is 11.8. The number of methoxy groups -OCH3 is 3. The van der Waals surface area contributed by atoms with Crippen molar-refractivity contribution in [3.8, 4) is 17.2 Å². The lowest BCUT2D eigenvalue weighted by molar-refractivity contribution is -0.140. The second-order valence-corrected chi connectivity index (χ2v) is 9.63. The number of hydrogen-bond donors (Lipinski definition) is 1. The standard InChI is InChI=1S/C24H33N3O7S/c1-7-20(24(29)25-2)26(15-17-9-8-10-18(13-17)32-3)23(28)16-27(35(6,30)31)21-12-11-19(33-4)14-22(21)34-5/h8-14,20H,7,15-16H2,1-6H3,(H,25,29). The van der Waals surface area contributed by atoms with E-state index in [0.29, 0.717) is 17.9 Å². The number of nitrogens with zero attached hydrogens (tertiary/aromatic N) is 2. The molecule has 2 aromatic rings. The van der Waals surface area contributed by atoms with E-state index >= 15 is 0 Å². The van der Waals surface area contributed by atoms with Gasteiger partial charge in [0.2, 0.25) is 21.8 Å². The molecule has 2 aromatic carbocycles. The molecule has 0 aliphatic heterocycles. The average Bonchev–Trinajstić information content (AvgIpc) is 2.85. The highest BCUT2D eigenvalue weighted by molar-refractivity contribution is 7.92. The van der Waals surface area contributed by atoms with E-state index in [-0.39, 0.29) is 23.9 Å². The van der Waals surface area contributed by atoms with Crippen LogP contribution in [0.2, 0.25) is 0 Å². The first-order valence-electron chi connectivity index (χ1n) is 10.9. The zero-order valence-electron chi connectivity index (χ0n) is 20.9. The van der Waals surface area contributed by atoms with Crippen molar-refractivity contribution in [1.29, 1.82) is 0 Å². The Bertz CT molecular complexity index is 1140. The summed E-state index contributed by atoms with van der Waals surface area (Å²) in [5.41, 5.74) is 0.909. The molecule has 0 heterocycles. The minimum absolute atomic E-state index is 0.0826. The van der Waals surface area contributed by atoms with Crippen molar-refractivity contribution in [3.05, 3.63) is 48.0 Å². The molecule has 0 aromatic heterocycles.